The number of hydrogen-bond donors (Lipinski definition) is 2. The van der Waals surface area contributed by atoms with Crippen molar-refractivity contribution in [1.82, 2.24) is 10.2 Å². The summed E-state index contributed by atoms with van der Waals surface area (Å²) in [5.74, 6) is -1.81. The van der Waals surface area contributed by atoms with Crippen molar-refractivity contribution in [3.63, 3.8) is 0 Å². The summed E-state index contributed by atoms with van der Waals surface area (Å²) >= 11 is 6.38. The second-order valence-corrected chi connectivity index (χ2v) is 7.18. The summed E-state index contributed by atoms with van der Waals surface area (Å²) in [5, 5.41) is 11.1. The number of carbonyl (C=O) groups excluding carboxylic acids is 2. The molecule has 1 saturated heterocycles. The van der Waals surface area contributed by atoms with Crippen molar-refractivity contribution in [2.24, 2.45) is 0 Å². The number of hydrogen-bond acceptors (Lipinski definition) is 5. The highest BCUT2D eigenvalue weighted by atomic mass is 32.2. The van der Waals surface area contributed by atoms with Crippen LogP contribution in [0.15, 0.2) is 47.4 Å². The zero-order valence-electron chi connectivity index (χ0n) is 14.0. The van der Waals surface area contributed by atoms with Crippen molar-refractivity contribution in [3.8, 4) is 0 Å². The average Bonchev–Trinajstić information content (AvgIpc) is 2.87. The molecular weight excluding hydrogens is 372 g/mol. The minimum absolute atomic E-state index is 0.0167. The number of rotatable bonds is 7. The van der Waals surface area contributed by atoms with Gasteiger partial charge in [0, 0.05) is 13.0 Å². The van der Waals surface area contributed by atoms with Crippen LogP contribution >= 0.6 is 24.0 Å². The highest BCUT2D eigenvalue weighted by Crippen LogP contribution is 2.31. The number of amides is 2. The molecule has 0 saturated carbocycles. The number of thiocarbonyl (C=S) groups is 1. The molecular formula is C18H18N2O4S2. The maximum absolute atomic E-state index is 12.4. The Bertz CT molecular complexity index is 775. The first-order valence-corrected chi connectivity index (χ1v) is 9.10. The van der Waals surface area contributed by atoms with Gasteiger partial charge in [0.2, 0.25) is 5.91 Å². The van der Waals surface area contributed by atoms with Gasteiger partial charge in [0.15, 0.2) is 0 Å². The van der Waals surface area contributed by atoms with E-state index < -0.39 is 17.9 Å². The Hall–Kier alpha value is -2.45. The van der Waals surface area contributed by atoms with Gasteiger partial charge in [-0.15, -0.1) is 0 Å². The summed E-state index contributed by atoms with van der Waals surface area (Å²) in [4.78, 5) is 36.7. The number of carbonyl (C=O) groups is 3. The lowest BCUT2D eigenvalue weighted by molar-refractivity contribution is -0.141. The fraction of sp³-hybridized carbons (Fsp3) is 0.222. The number of carboxylic acid groups (broad SMARTS) is 1. The fourth-order valence-corrected chi connectivity index (χ4v) is 3.37. The predicted molar refractivity (Wildman–Crippen MR) is 105 cm³/mol. The second-order valence-electron chi connectivity index (χ2n) is 5.50. The van der Waals surface area contributed by atoms with Crippen molar-refractivity contribution >= 4 is 52.2 Å². The minimum Gasteiger partial charge on any atom is -0.480 e. The van der Waals surface area contributed by atoms with E-state index in [-0.39, 0.29) is 18.9 Å². The molecule has 1 unspecified atom stereocenters. The Morgan fingerprint density at radius 3 is 2.69 bits per heavy atom. The molecule has 1 fully saturated rings. The number of nitrogens with one attached hydrogen (secondary N) is 1. The summed E-state index contributed by atoms with van der Waals surface area (Å²) in [5.41, 5.74) is 1.02. The number of carboxylic acids is 1. The normalized spacial score (nSPS) is 17.1. The summed E-state index contributed by atoms with van der Waals surface area (Å²) < 4.78 is 0.383. The van der Waals surface area contributed by atoms with Gasteiger partial charge in [-0.25, -0.2) is 0 Å². The van der Waals surface area contributed by atoms with E-state index in [9.17, 15) is 14.4 Å². The van der Waals surface area contributed by atoms with Gasteiger partial charge in [-0.2, -0.15) is 0 Å². The van der Waals surface area contributed by atoms with Crippen LogP contribution in [0.3, 0.4) is 0 Å². The maximum Gasteiger partial charge on any atom is 0.325 e. The first kappa shape index (κ1) is 19.9. The van der Waals surface area contributed by atoms with Crippen LogP contribution < -0.4 is 5.32 Å². The number of allylic oxidation sites excluding steroid dienone is 2. The topological polar surface area (TPSA) is 86.7 Å². The second kappa shape index (κ2) is 9.30. The van der Waals surface area contributed by atoms with E-state index in [1.165, 1.54) is 23.6 Å². The van der Waals surface area contributed by atoms with E-state index in [0.29, 0.717) is 9.23 Å². The Kier molecular flexibility index (Phi) is 7.11. The smallest absolute Gasteiger partial charge is 0.325 e. The Morgan fingerprint density at radius 1 is 1.35 bits per heavy atom. The molecule has 6 nitrogen and oxygen atoms in total. The third-order valence-corrected chi connectivity index (χ3v) is 4.92. The standard InChI is InChI=1S/C18H18N2O4S2/c1-12(17(23)24)19-15(21)10-11-20-16(22)14(26-18(20)25)9-5-8-13-6-3-2-4-7-13/h2-9,12H,10-11H2,1H3,(H,19,21)(H,23,24)/b8-5-,14-9+. The van der Waals surface area contributed by atoms with E-state index in [1.807, 2.05) is 36.4 Å². The van der Waals surface area contributed by atoms with Gasteiger partial charge in [0.1, 0.15) is 10.4 Å². The lowest BCUT2D eigenvalue weighted by Crippen LogP contribution is -2.40. The Balaban J connectivity index is 1.92. The molecule has 0 spiro atoms. The lowest BCUT2D eigenvalue weighted by Gasteiger charge is -2.15. The number of benzene rings is 1. The van der Waals surface area contributed by atoms with E-state index in [0.717, 1.165) is 5.56 Å². The molecule has 8 heteroatoms. The third-order valence-electron chi connectivity index (χ3n) is 3.52. The monoisotopic (exact) mass is 390 g/mol. The average molecular weight is 390 g/mol. The van der Waals surface area contributed by atoms with Crippen LogP contribution in [-0.4, -0.2) is 44.7 Å². The molecule has 26 heavy (non-hydrogen) atoms. The SMILES string of the molecule is CC(NC(=O)CCN1C(=O)/C(=C\C=C/c2ccccc2)SC1=S)C(=O)O. The van der Waals surface area contributed by atoms with Crippen molar-refractivity contribution < 1.29 is 19.5 Å². The minimum atomic E-state index is -1.11. The number of thioether (sulfide) groups is 1. The summed E-state index contributed by atoms with van der Waals surface area (Å²) in [6, 6.07) is 8.70. The summed E-state index contributed by atoms with van der Waals surface area (Å²) in [7, 11) is 0. The predicted octanol–water partition coefficient (Wildman–Crippen LogP) is 2.42. The van der Waals surface area contributed by atoms with E-state index in [1.54, 1.807) is 12.2 Å². The van der Waals surface area contributed by atoms with E-state index >= 15 is 0 Å². The molecule has 2 N–H and O–H groups in total. The maximum atomic E-state index is 12.4. The van der Waals surface area contributed by atoms with Crippen LogP contribution in [0.1, 0.15) is 18.9 Å². The molecule has 0 radical (unpaired) electrons. The van der Waals surface area contributed by atoms with Crippen LogP contribution in [0, 0.1) is 0 Å². The molecule has 1 aromatic rings. The zero-order chi connectivity index (χ0) is 19.1. The fourth-order valence-electron chi connectivity index (χ4n) is 2.11. The number of aliphatic carboxylic acids is 1. The molecule has 0 aliphatic carbocycles. The van der Waals surface area contributed by atoms with Crippen LogP contribution in [0.5, 0.6) is 0 Å². The first-order chi connectivity index (χ1) is 12.4. The number of nitrogens with zero attached hydrogens (tertiary/aromatic N) is 1. The van der Waals surface area contributed by atoms with Crippen molar-refractivity contribution in [2.45, 2.75) is 19.4 Å². The molecule has 136 valence electrons. The van der Waals surface area contributed by atoms with Crippen LogP contribution in [0.4, 0.5) is 0 Å². The van der Waals surface area contributed by atoms with Gasteiger partial charge in [0.05, 0.1) is 4.91 Å². The highest BCUT2D eigenvalue weighted by molar-refractivity contribution is 8.26. The molecule has 0 aromatic heterocycles. The Morgan fingerprint density at radius 2 is 2.04 bits per heavy atom. The molecule has 2 rings (SSSR count). The van der Waals surface area contributed by atoms with Crippen molar-refractivity contribution in [3.05, 3.63) is 53.0 Å². The van der Waals surface area contributed by atoms with Gasteiger partial charge in [-0.1, -0.05) is 66.5 Å². The molecule has 1 aromatic carbocycles. The molecule has 1 heterocycles. The largest absolute Gasteiger partial charge is 0.480 e. The van der Waals surface area contributed by atoms with E-state index in [4.69, 9.17) is 17.3 Å². The van der Waals surface area contributed by atoms with Crippen molar-refractivity contribution in [1.29, 1.82) is 0 Å². The third kappa shape index (κ3) is 5.53. The Labute approximate surface area is 160 Å². The van der Waals surface area contributed by atoms with Gasteiger partial charge in [-0.05, 0) is 18.6 Å². The zero-order valence-corrected chi connectivity index (χ0v) is 15.7. The molecule has 1 atom stereocenters. The van der Waals surface area contributed by atoms with Gasteiger partial charge in [0.25, 0.3) is 5.91 Å². The quantitative estimate of drug-likeness (QED) is 0.549. The van der Waals surface area contributed by atoms with Gasteiger partial charge >= 0.3 is 5.97 Å². The van der Waals surface area contributed by atoms with Crippen LogP contribution in [0.25, 0.3) is 6.08 Å². The molecule has 1 aliphatic heterocycles. The van der Waals surface area contributed by atoms with Gasteiger partial charge < -0.3 is 10.4 Å². The summed E-state index contributed by atoms with van der Waals surface area (Å²) in [6.45, 7) is 1.49. The molecule has 0 bridgehead atoms. The van der Waals surface area contributed by atoms with E-state index in [2.05, 4.69) is 5.32 Å². The highest BCUT2D eigenvalue weighted by Gasteiger charge is 2.31. The molecule has 2 amide bonds. The van der Waals surface area contributed by atoms with Crippen LogP contribution in [0.2, 0.25) is 0 Å². The van der Waals surface area contributed by atoms with Crippen LogP contribution in [-0.2, 0) is 14.4 Å². The first-order valence-electron chi connectivity index (χ1n) is 7.87. The lowest BCUT2D eigenvalue weighted by atomic mass is 10.2. The van der Waals surface area contributed by atoms with Gasteiger partial charge in [-0.3, -0.25) is 19.3 Å². The van der Waals surface area contributed by atoms with Crippen molar-refractivity contribution in [2.75, 3.05) is 6.54 Å². The summed E-state index contributed by atoms with van der Waals surface area (Å²) in [6.07, 6.45) is 5.34. The molecule has 1 aliphatic rings.